The summed E-state index contributed by atoms with van der Waals surface area (Å²) in [5.74, 6) is 0.309. The minimum absolute atomic E-state index is 0.359. The lowest BCUT2D eigenvalue weighted by Crippen LogP contribution is -2.09. The third-order valence-electron chi connectivity index (χ3n) is 4.21. The zero-order chi connectivity index (χ0) is 18.8. The molecule has 0 N–H and O–H groups in total. The molecule has 0 aliphatic heterocycles. The number of benzene rings is 2. The number of hydrogen-bond acceptors (Lipinski definition) is 4. The fourth-order valence-corrected chi connectivity index (χ4v) is 2.84. The molecule has 0 atom stereocenters. The average molecular weight is 348 g/mol. The highest BCUT2D eigenvalue weighted by Crippen LogP contribution is 2.33. The number of ether oxygens (including phenoxy) is 2. The van der Waals surface area contributed by atoms with Crippen LogP contribution in [-0.2, 0) is 20.7 Å². The van der Waals surface area contributed by atoms with E-state index in [0.717, 1.165) is 22.8 Å². The van der Waals surface area contributed by atoms with Crippen LogP contribution >= 0.6 is 0 Å². The van der Waals surface area contributed by atoms with E-state index in [2.05, 4.69) is 13.2 Å². The number of allylic oxidation sites excluding steroid dienone is 1. The molecular weight excluding hydrogens is 328 g/mol. The molecule has 0 radical (unpaired) electrons. The van der Waals surface area contributed by atoms with E-state index in [9.17, 15) is 9.59 Å². The quantitative estimate of drug-likeness (QED) is 0.455. The molecule has 1 aliphatic rings. The summed E-state index contributed by atoms with van der Waals surface area (Å²) in [5, 5.41) is 2.09. The number of carbonyl (C=O) groups excluding carboxylic acids is 2. The van der Waals surface area contributed by atoms with Gasteiger partial charge in [0.2, 0.25) is 0 Å². The summed E-state index contributed by atoms with van der Waals surface area (Å²) in [6, 6.07) is 9.52. The Hall–Kier alpha value is -3.14. The third kappa shape index (κ3) is 3.59. The van der Waals surface area contributed by atoms with Crippen molar-refractivity contribution in [3.8, 4) is 5.75 Å². The first-order chi connectivity index (χ1) is 12.3. The van der Waals surface area contributed by atoms with Gasteiger partial charge in [0.25, 0.3) is 0 Å². The smallest absolute Gasteiger partial charge is 0.338 e. The Kier molecular flexibility index (Phi) is 4.76. The Balaban J connectivity index is 1.91. The van der Waals surface area contributed by atoms with Gasteiger partial charge in [-0.1, -0.05) is 31.4 Å². The number of fused-ring (bicyclic) bond motifs is 3. The van der Waals surface area contributed by atoms with Crippen molar-refractivity contribution in [3.05, 3.63) is 71.5 Å². The van der Waals surface area contributed by atoms with Crippen molar-refractivity contribution in [2.75, 3.05) is 0 Å². The summed E-state index contributed by atoms with van der Waals surface area (Å²) < 4.78 is 10.7. The van der Waals surface area contributed by atoms with Crippen LogP contribution in [0.15, 0.2) is 60.4 Å². The van der Waals surface area contributed by atoms with Gasteiger partial charge < -0.3 is 9.47 Å². The van der Waals surface area contributed by atoms with E-state index in [4.69, 9.17) is 9.47 Å². The second-order valence-electron chi connectivity index (χ2n) is 6.47. The normalized spacial score (nSPS) is 12.8. The zero-order valence-electron chi connectivity index (χ0n) is 14.9. The molecule has 0 saturated carbocycles. The van der Waals surface area contributed by atoms with E-state index in [1.807, 2.05) is 30.3 Å². The molecule has 0 amide bonds. The summed E-state index contributed by atoms with van der Waals surface area (Å²) in [5.41, 5.74) is 2.96. The third-order valence-corrected chi connectivity index (χ3v) is 4.21. The Morgan fingerprint density at radius 2 is 1.62 bits per heavy atom. The van der Waals surface area contributed by atoms with Crippen LogP contribution in [0.2, 0.25) is 0 Å². The molecule has 1 aliphatic carbocycles. The van der Waals surface area contributed by atoms with Crippen LogP contribution in [-0.4, -0.2) is 11.9 Å². The Morgan fingerprint density at radius 1 is 0.923 bits per heavy atom. The molecule has 4 heteroatoms. The maximum Gasteiger partial charge on any atom is 0.338 e. The molecule has 3 rings (SSSR count). The number of aryl methyl sites for hydroxylation is 1. The maximum atomic E-state index is 11.7. The molecule has 0 aromatic heterocycles. The Morgan fingerprint density at radius 3 is 2.31 bits per heavy atom. The topological polar surface area (TPSA) is 52.6 Å². The largest absolute Gasteiger partial charge is 0.428 e. The molecule has 0 fully saturated rings. The lowest BCUT2D eigenvalue weighted by molar-refractivity contribution is -0.135. The van der Waals surface area contributed by atoms with Crippen molar-refractivity contribution in [1.29, 1.82) is 0 Å². The second kappa shape index (κ2) is 7.00. The average Bonchev–Trinajstić information content (AvgIpc) is 2.61. The molecule has 0 spiro atoms. The van der Waals surface area contributed by atoms with Crippen molar-refractivity contribution in [2.45, 2.75) is 26.7 Å². The van der Waals surface area contributed by atoms with Crippen LogP contribution in [0.5, 0.6) is 5.75 Å². The van der Waals surface area contributed by atoms with Gasteiger partial charge in [0.1, 0.15) is 11.5 Å². The molecule has 4 nitrogen and oxygen atoms in total. The molecular formula is C22H20O4. The summed E-state index contributed by atoms with van der Waals surface area (Å²) in [6.07, 6.45) is 3.32. The van der Waals surface area contributed by atoms with Gasteiger partial charge in [-0.05, 0) is 60.4 Å². The standard InChI is InChI=1S/C22H20O4/c1-13(2)21(23)25-17-7-9-19-15(11-17)5-6-16-12-18(8-10-20(16)19)26-22(24)14(3)4/h5-7,9,11-12H,1,3,8,10H2,2,4H3. The van der Waals surface area contributed by atoms with Crippen LogP contribution in [0.4, 0.5) is 0 Å². The second-order valence-corrected chi connectivity index (χ2v) is 6.47. The minimum atomic E-state index is -0.436. The van der Waals surface area contributed by atoms with Gasteiger partial charge in [0.15, 0.2) is 0 Å². The first-order valence-electron chi connectivity index (χ1n) is 8.37. The predicted molar refractivity (Wildman–Crippen MR) is 102 cm³/mol. The minimum Gasteiger partial charge on any atom is -0.428 e. The lowest BCUT2D eigenvalue weighted by atomic mass is 9.91. The van der Waals surface area contributed by atoms with Crippen LogP contribution < -0.4 is 4.74 Å². The van der Waals surface area contributed by atoms with Crippen molar-refractivity contribution in [3.63, 3.8) is 0 Å². The number of hydrogen-bond donors (Lipinski definition) is 0. The summed E-state index contributed by atoms with van der Waals surface area (Å²) in [4.78, 5) is 23.4. The van der Waals surface area contributed by atoms with Gasteiger partial charge in [-0.15, -0.1) is 0 Å². The molecule has 0 heterocycles. The maximum absolute atomic E-state index is 11.7. The van der Waals surface area contributed by atoms with Crippen LogP contribution in [0, 0.1) is 0 Å². The Bertz CT molecular complexity index is 979. The highest BCUT2D eigenvalue weighted by Gasteiger charge is 2.17. The van der Waals surface area contributed by atoms with Gasteiger partial charge in [-0.2, -0.15) is 0 Å². The van der Waals surface area contributed by atoms with Gasteiger partial charge >= 0.3 is 11.9 Å². The first-order valence-corrected chi connectivity index (χ1v) is 8.37. The Labute approximate surface area is 152 Å². The molecule has 2 aromatic carbocycles. The molecule has 26 heavy (non-hydrogen) atoms. The van der Waals surface area contributed by atoms with E-state index in [1.54, 1.807) is 19.9 Å². The molecule has 0 bridgehead atoms. The molecule has 132 valence electrons. The predicted octanol–water partition coefficient (Wildman–Crippen LogP) is 4.73. The van der Waals surface area contributed by atoms with Crippen molar-refractivity contribution >= 4 is 28.8 Å². The number of esters is 2. The number of carbonyl (C=O) groups is 2. The van der Waals surface area contributed by atoms with Crippen LogP contribution in [0.25, 0.3) is 16.8 Å². The van der Waals surface area contributed by atoms with E-state index in [0.29, 0.717) is 29.1 Å². The fourth-order valence-electron chi connectivity index (χ4n) is 2.84. The van der Waals surface area contributed by atoms with Crippen molar-refractivity contribution < 1.29 is 19.1 Å². The van der Waals surface area contributed by atoms with E-state index < -0.39 is 11.9 Å². The van der Waals surface area contributed by atoms with Crippen molar-refractivity contribution in [1.82, 2.24) is 0 Å². The summed E-state index contributed by atoms with van der Waals surface area (Å²) in [6.45, 7) is 10.4. The SMILES string of the molecule is C=C(C)C(=O)OC1=Cc2ccc3cc(OC(=O)C(=C)C)ccc3c2CC1. The highest BCUT2D eigenvalue weighted by atomic mass is 16.5. The van der Waals surface area contributed by atoms with Crippen LogP contribution in [0.3, 0.4) is 0 Å². The van der Waals surface area contributed by atoms with Gasteiger partial charge in [-0.3, -0.25) is 0 Å². The molecule has 2 aromatic rings. The summed E-state index contributed by atoms with van der Waals surface area (Å²) in [7, 11) is 0. The fraction of sp³-hybridized carbons (Fsp3) is 0.182. The monoisotopic (exact) mass is 348 g/mol. The van der Waals surface area contributed by atoms with E-state index in [1.165, 1.54) is 5.56 Å². The van der Waals surface area contributed by atoms with Crippen LogP contribution in [0.1, 0.15) is 31.4 Å². The first kappa shape index (κ1) is 17.7. The van der Waals surface area contributed by atoms with E-state index in [-0.39, 0.29) is 0 Å². The molecule has 0 saturated heterocycles. The summed E-state index contributed by atoms with van der Waals surface area (Å²) >= 11 is 0. The van der Waals surface area contributed by atoms with Gasteiger partial charge in [-0.25, -0.2) is 9.59 Å². The van der Waals surface area contributed by atoms with E-state index >= 15 is 0 Å². The highest BCUT2D eigenvalue weighted by molar-refractivity contribution is 5.93. The number of rotatable bonds is 4. The van der Waals surface area contributed by atoms with Gasteiger partial charge in [0.05, 0.1) is 0 Å². The molecule has 0 unspecified atom stereocenters. The lowest BCUT2D eigenvalue weighted by Gasteiger charge is -2.18. The van der Waals surface area contributed by atoms with Crippen molar-refractivity contribution in [2.24, 2.45) is 0 Å². The zero-order valence-corrected chi connectivity index (χ0v) is 14.9. The van der Waals surface area contributed by atoms with Gasteiger partial charge in [0, 0.05) is 17.6 Å².